The third-order valence-electron chi connectivity index (χ3n) is 7.98. The van der Waals surface area contributed by atoms with Crippen LogP contribution in [0.3, 0.4) is 0 Å². The van der Waals surface area contributed by atoms with E-state index in [2.05, 4.69) is 0 Å². The second kappa shape index (κ2) is 5.67. The molecule has 1 unspecified atom stereocenters. The van der Waals surface area contributed by atoms with Crippen molar-refractivity contribution in [1.82, 2.24) is 0 Å². The summed E-state index contributed by atoms with van der Waals surface area (Å²) in [5, 5.41) is 20.4. The van der Waals surface area contributed by atoms with Gasteiger partial charge in [-0.15, -0.1) is 0 Å². The Morgan fingerprint density at radius 3 is 2.70 bits per heavy atom. The molecule has 4 rings (SSSR count). The first-order valence-electron chi connectivity index (χ1n) is 9.56. The van der Waals surface area contributed by atoms with Crippen LogP contribution in [0.2, 0.25) is 0 Å². The SMILES string of the molecule is C[C@]12CC(F)C(=O)C=C1C=C[C@@H]1[C@@H]2C(=O)C[C@@]2(C)[C@H]1CC[C@]2(O)C(=O)CO. The number of carbonyl (C=O) groups is 3. The topological polar surface area (TPSA) is 91.7 Å². The molecule has 2 saturated carbocycles. The van der Waals surface area contributed by atoms with Gasteiger partial charge in [-0.1, -0.05) is 26.0 Å². The highest BCUT2D eigenvalue weighted by Crippen LogP contribution is 2.65. The first-order chi connectivity index (χ1) is 12.6. The highest BCUT2D eigenvalue weighted by Gasteiger charge is 2.68. The lowest BCUT2D eigenvalue weighted by Gasteiger charge is -2.55. The van der Waals surface area contributed by atoms with Crippen molar-refractivity contribution >= 4 is 17.3 Å². The maximum Gasteiger partial charge on any atom is 0.190 e. The molecule has 0 radical (unpaired) electrons. The van der Waals surface area contributed by atoms with Gasteiger partial charge < -0.3 is 10.2 Å². The van der Waals surface area contributed by atoms with Gasteiger partial charge in [-0.2, -0.15) is 0 Å². The predicted molar refractivity (Wildman–Crippen MR) is 94.3 cm³/mol. The molecule has 0 aromatic heterocycles. The van der Waals surface area contributed by atoms with Crippen molar-refractivity contribution in [2.75, 3.05) is 6.61 Å². The number of fused-ring (bicyclic) bond motifs is 5. The van der Waals surface area contributed by atoms with Crippen molar-refractivity contribution in [3.63, 3.8) is 0 Å². The number of allylic oxidation sites excluding steroid dienone is 4. The molecule has 0 spiro atoms. The fraction of sp³-hybridized carbons (Fsp3) is 0.667. The van der Waals surface area contributed by atoms with Gasteiger partial charge in [0, 0.05) is 23.2 Å². The molecule has 146 valence electrons. The second-order valence-electron chi connectivity index (χ2n) is 9.15. The summed E-state index contributed by atoms with van der Waals surface area (Å²) in [7, 11) is 0. The van der Waals surface area contributed by atoms with E-state index < -0.39 is 46.7 Å². The maximum atomic E-state index is 14.3. The standard InChI is InChI=1S/C21H25FO5/c1-19-8-14(22)15(24)7-11(19)3-4-12-13-5-6-21(27,17(26)10-23)20(13,2)9-16(25)18(12)19/h3-4,7,12-14,18,23,27H,5-6,8-10H2,1-2H3/t12-,13-,14?,18+,19-,20-,21-/m0/s1. The zero-order chi connectivity index (χ0) is 19.8. The van der Waals surface area contributed by atoms with Crippen LogP contribution in [-0.4, -0.2) is 45.9 Å². The van der Waals surface area contributed by atoms with Crippen molar-refractivity contribution < 1.29 is 29.0 Å². The van der Waals surface area contributed by atoms with Crippen LogP contribution in [-0.2, 0) is 14.4 Å². The summed E-state index contributed by atoms with van der Waals surface area (Å²) in [6.07, 6.45) is 4.20. The van der Waals surface area contributed by atoms with Gasteiger partial charge in [0.25, 0.3) is 0 Å². The first kappa shape index (κ1) is 18.7. The number of rotatable bonds is 2. The molecule has 0 amide bonds. The summed E-state index contributed by atoms with van der Waals surface area (Å²) in [6.45, 7) is 2.85. The van der Waals surface area contributed by atoms with Crippen molar-refractivity contribution in [2.45, 2.75) is 51.3 Å². The molecule has 0 bridgehead atoms. The van der Waals surface area contributed by atoms with Gasteiger partial charge in [-0.3, -0.25) is 14.4 Å². The quantitative estimate of drug-likeness (QED) is 0.766. The van der Waals surface area contributed by atoms with E-state index in [1.165, 1.54) is 6.08 Å². The summed E-state index contributed by atoms with van der Waals surface area (Å²) in [5.41, 5.74) is -2.73. The number of aliphatic hydroxyl groups is 2. The van der Waals surface area contributed by atoms with Crippen LogP contribution in [0, 0.1) is 28.6 Å². The monoisotopic (exact) mass is 376 g/mol. The van der Waals surface area contributed by atoms with E-state index in [0.29, 0.717) is 12.0 Å². The Bertz CT molecular complexity index is 800. The van der Waals surface area contributed by atoms with Crippen LogP contribution in [0.15, 0.2) is 23.8 Å². The van der Waals surface area contributed by atoms with E-state index in [0.717, 1.165) is 0 Å². The fourth-order valence-electron chi connectivity index (χ4n) is 6.46. The van der Waals surface area contributed by atoms with Crippen molar-refractivity contribution in [3.05, 3.63) is 23.8 Å². The van der Waals surface area contributed by atoms with Crippen LogP contribution in [0.1, 0.15) is 39.5 Å². The Labute approximate surface area is 157 Å². The first-order valence-corrected chi connectivity index (χ1v) is 9.56. The van der Waals surface area contributed by atoms with Crippen LogP contribution in [0.4, 0.5) is 4.39 Å². The summed E-state index contributed by atoms with van der Waals surface area (Å²) in [4.78, 5) is 37.4. The molecule has 0 heterocycles. The molecular weight excluding hydrogens is 351 g/mol. The van der Waals surface area contributed by atoms with E-state index in [1.54, 1.807) is 6.92 Å². The minimum Gasteiger partial charge on any atom is -0.388 e. The molecule has 0 aromatic rings. The Hall–Kier alpha value is -1.66. The number of carbonyl (C=O) groups excluding carboxylic acids is 3. The summed E-state index contributed by atoms with van der Waals surface area (Å²) in [6, 6.07) is 0. The molecular formula is C21H25FO5. The molecule has 2 fully saturated rings. The summed E-state index contributed by atoms with van der Waals surface area (Å²) >= 11 is 0. The molecule has 0 saturated heterocycles. The molecule has 4 aliphatic rings. The average molecular weight is 376 g/mol. The largest absolute Gasteiger partial charge is 0.388 e. The molecule has 7 atom stereocenters. The van der Waals surface area contributed by atoms with Crippen molar-refractivity contribution in [2.24, 2.45) is 28.6 Å². The zero-order valence-corrected chi connectivity index (χ0v) is 15.6. The van der Waals surface area contributed by atoms with Crippen LogP contribution in [0.25, 0.3) is 0 Å². The van der Waals surface area contributed by atoms with E-state index in [1.807, 2.05) is 19.1 Å². The third-order valence-corrected chi connectivity index (χ3v) is 7.98. The van der Waals surface area contributed by atoms with Crippen LogP contribution >= 0.6 is 0 Å². The van der Waals surface area contributed by atoms with E-state index in [4.69, 9.17) is 0 Å². The van der Waals surface area contributed by atoms with E-state index in [-0.39, 0.29) is 36.9 Å². The minimum atomic E-state index is -1.72. The number of ketones is 3. The summed E-state index contributed by atoms with van der Waals surface area (Å²) in [5.74, 6) is -2.11. The highest BCUT2D eigenvalue weighted by molar-refractivity contribution is 5.97. The number of Topliss-reactive ketones (excluding diaryl/α,β-unsaturated/α-hetero) is 2. The summed E-state index contributed by atoms with van der Waals surface area (Å²) < 4.78 is 14.3. The molecule has 5 nitrogen and oxygen atoms in total. The number of aliphatic hydroxyl groups excluding tert-OH is 1. The Kier molecular flexibility index (Phi) is 3.93. The fourth-order valence-corrected chi connectivity index (χ4v) is 6.46. The number of alkyl halides is 1. The van der Waals surface area contributed by atoms with Gasteiger partial charge >= 0.3 is 0 Å². The molecule has 0 aromatic carbocycles. The van der Waals surface area contributed by atoms with Gasteiger partial charge in [0.15, 0.2) is 17.7 Å². The molecule has 6 heteroatoms. The lowest BCUT2D eigenvalue weighted by atomic mass is 9.47. The van der Waals surface area contributed by atoms with Crippen molar-refractivity contribution in [1.29, 1.82) is 0 Å². The van der Waals surface area contributed by atoms with E-state index in [9.17, 15) is 29.0 Å². The van der Waals surface area contributed by atoms with Gasteiger partial charge in [-0.25, -0.2) is 4.39 Å². The van der Waals surface area contributed by atoms with E-state index >= 15 is 0 Å². The Morgan fingerprint density at radius 2 is 2.04 bits per heavy atom. The van der Waals surface area contributed by atoms with Gasteiger partial charge in [0.05, 0.1) is 0 Å². The normalized spacial score (nSPS) is 48.6. The smallest absolute Gasteiger partial charge is 0.190 e. The Balaban J connectivity index is 1.80. The Morgan fingerprint density at radius 1 is 1.33 bits per heavy atom. The van der Waals surface area contributed by atoms with Gasteiger partial charge in [0.2, 0.25) is 0 Å². The molecule has 27 heavy (non-hydrogen) atoms. The van der Waals surface area contributed by atoms with Gasteiger partial charge in [-0.05, 0) is 42.7 Å². The van der Waals surface area contributed by atoms with Crippen molar-refractivity contribution in [3.8, 4) is 0 Å². The molecule has 0 aliphatic heterocycles. The maximum absolute atomic E-state index is 14.3. The lowest BCUT2D eigenvalue weighted by molar-refractivity contribution is -0.167. The molecule has 4 aliphatic carbocycles. The highest BCUT2D eigenvalue weighted by atomic mass is 19.1. The number of hydrogen-bond acceptors (Lipinski definition) is 5. The van der Waals surface area contributed by atoms with Gasteiger partial charge in [0.1, 0.15) is 18.0 Å². The zero-order valence-electron chi connectivity index (χ0n) is 15.6. The number of hydrogen-bond donors (Lipinski definition) is 2. The molecule has 2 N–H and O–H groups in total. The van der Waals surface area contributed by atoms with Crippen LogP contribution < -0.4 is 0 Å². The minimum absolute atomic E-state index is 0.0157. The predicted octanol–water partition coefficient (Wildman–Crippen LogP) is 1.71. The second-order valence-corrected chi connectivity index (χ2v) is 9.15. The number of halogens is 1. The average Bonchev–Trinajstić information content (AvgIpc) is 2.87. The van der Waals surface area contributed by atoms with Crippen LogP contribution in [0.5, 0.6) is 0 Å². The third kappa shape index (κ3) is 2.20. The lowest BCUT2D eigenvalue weighted by Crippen LogP contribution is -2.60.